The Labute approximate surface area is 99.8 Å². The number of hydrogen-bond donors (Lipinski definition) is 2. The number of hydrogen-bond acceptors (Lipinski definition) is 3. The van der Waals surface area contributed by atoms with Crippen LogP contribution >= 0.6 is 15.9 Å². The zero-order chi connectivity index (χ0) is 11.4. The van der Waals surface area contributed by atoms with Crippen molar-refractivity contribution in [1.29, 1.82) is 0 Å². The Balaban J connectivity index is 2.61. The van der Waals surface area contributed by atoms with Crippen molar-refractivity contribution in [2.45, 2.75) is 13.0 Å². The molecule has 0 heterocycles. The molecule has 0 amide bonds. The molecule has 0 spiro atoms. The second-order valence-electron chi connectivity index (χ2n) is 3.93. The minimum absolute atomic E-state index is 0.475. The summed E-state index contributed by atoms with van der Waals surface area (Å²) < 4.78 is 1.04. The second kappa shape index (κ2) is 5.37. The topological polar surface area (TPSA) is 41.3 Å². The molecular weight excluding hydrogens is 254 g/mol. The Bertz CT molecular complexity index is 326. The minimum atomic E-state index is 0.475. The van der Waals surface area contributed by atoms with Crippen molar-refractivity contribution in [3.05, 3.63) is 22.7 Å². The SMILES string of the molecule is CC(CNc1cc(Br)ccc1N)N(C)C. The van der Waals surface area contributed by atoms with Gasteiger partial charge in [0.2, 0.25) is 0 Å². The van der Waals surface area contributed by atoms with Gasteiger partial charge in [0, 0.05) is 17.1 Å². The normalized spacial score (nSPS) is 12.9. The highest BCUT2D eigenvalue weighted by molar-refractivity contribution is 9.10. The van der Waals surface area contributed by atoms with Gasteiger partial charge >= 0.3 is 0 Å². The van der Waals surface area contributed by atoms with Crippen LogP contribution in [-0.4, -0.2) is 31.6 Å². The third-order valence-corrected chi connectivity index (χ3v) is 2.98. The first-order valence-corrected chi connectivity index (χ1v) is 5.75. The largest absolute Gasteiger partial charge is 0.397 e. The number of anilines is 2. The maximum Gasteiger partial charge on any atom is 0.0585 e. The summed E-state index contributed by atoms with van der Waals surface area (Å²) in [7, 11) is 4.13. The Morgan fingerprint density at radius 3 is 2.73 bits per heavy atom. The first-order valence-electron chi connectivity index (χ1n) is 4.96. The predicted octanol–water partition coefficient (Wildman–Crippen LogP) is 2.39. The van der Waals surface area contributed by atoms with Gasteiger partial charge in [-0.05, 0) is 39.2 Å². The van der Waals surface area contributed by atoms with E-state index in [-0.39, 0.29) is 0 Å². The van der Waals surface area contributed by atoms with Crippen molar-refractivity contribution >= 4 is 27.3 Å². The van der Waals surface area contributed by atoms with E-state index < -0.39 is 0 Å². The van der Waals surface area contributed by atoms with E-state index in [4.69, 9.17) is 5.73 Å². The van der Waals surface area contributed by atoms with Gasteiger partial charge < -0.3 is 16.0 Å². The average Bonchev–Trinajstić information content (AvgIpc) is 2.18. The molecule has 0 saturated carbocycles. The number of nitrogens with zero attached hydrogens (tertiary/aromatic N) is 1. The van der Waals surface area contributed by atoms with Crippen molar-refractivity contribution in [2.24, 2.45) is 0 Å². The number of nitrogens with two attached hydrogens (primary N) is 1. The smallest absolute Gasteiger partial charge is 0.0585 e. The van der Waals surface area contributed by atoms with Crippen LogP contribution < -0.4 is 11.1 Å². The quantitative estimate of drug-likeness (QED) is 0.827. The van der Waals surface area contributed by atoms with Crippen molar-refractivity contribution in [1.82, 2.24) is 4.90 Å². The predicted molar refractivity (Wildman–Crippen MR) is 70.2 cm³/mol. The van der Waals surface area contributed by atoms with Crippen LogP contribution in [0.25, 0.3) is 0 Å². The third kappa shape index (κ3) is 3.72. The first-order chi connectivity index (χ1) is 7.00. The lowest BCUT2D eigenvalue weighted by Crippen LogP contribution is -2.31. The van der Waals surface area contributed by atoms with Crippen molar-refractivity contribution in [3.63, 3.8) is 0 Å². The second-order valence-corrected chi connectivity index (χ2v) is 4.84. The summed E-state index contributed by atoms with van der Waals surface area (Å²) in [4.78, 5) is 2.17. The molecular formula is C11H18BrN3. The van der Waals surface area contributed by atoms with Gasteiger partial charge in [-0.3, -0.25) is 0 Å². The molecule has 3 nitrogen and oxygen atoms in total. The summed E-state index contributed by atoms with van der Waals surface area (Å²) in [6.07, 6.45) is 0. The molecule has 4 heteroatoms. The summed E-state index contributed by atoms with van der Waals surface area (Å²) >= 11 is 3.43. The van der Waals surface area contributed by atoms with Crippen molar-refractivity contribution < 1.29 is 0 Å². The van der Waals surface area contributed by atoms with Crippen molar-refractivity contribution in [3.8, 4) is 0 Å². The van der Waals surface area contributed by atoms with Crippen LogP contribution in [0.15, 0.2) is 22.7 Å². The van der Waals surface area contributed by atoms with Gasteiger partial charge in [0.25, 0.3) is 0 Å². The summed E-state index contributed by atoms with van der Waals surface area (Å²) in [6.45, 7) is 3.05. The molecule has 0 bridgehead atoms. The maximum atomic E-state index is 5.85. The van der Waals surface area contributed by atoms with E-state index in [2.05, 4.69) is 47.2 Å². The Morgan fingerprint density at radius 1 is 1.47 bits per heavy atom. The molecule has 1 aromatic rings. The van der Waals surface area contributed by atoms with E-state index in [1.54, 1.807) is 0 Å². The molecule has 0 aliphatic carbocycles. The standard InChI is InChI=1S/C11H18BrN3/c1-8(15(2)3)7-14-11-6-9(12)4-5-10(11)13/h4-6,8,14H,7,13H2,1-3H3. The van der Waals surface area contributed by atoms with Gasteiger partial charge in [-0.25, -0.2) is 0 Å². The van der Waals surface area contributed by atoms with Gasteiger partial charge in [-0.1, -0.05) is 15.9 Å². The van der Waals surface area contributed by atoms with E-state index in [9.17, 15) is 0 Å². The highest BCUT2D eigenvalue weighted by Gasteiger charge is 2.05. The minimum Gasteiger partial charge on any atom is -0.397 e. The number of nitrogens with one attached hydrogen (secondary N) is 1. The molecule has 1 aromatic carbocycles. The molecule has 0 aliphatic rings. The molecule has 1 rings (SSSR count). The van der Waals surface area contributed by atoms with E-state index >= 15 is 0 Å². The number of likely N-dealkylation sites (N-methyl/N-ethyl adjacent to an activating group) is 1. The molecule has 0 aliphatic heterocycles. The van der Waals surface area contributed by atoms with E-state index in [1.165, 1.54) is 0 Å². The van der Waals surface area contributed by atoms with Gasteiger partial charge in [0.15, 0.2) is 0 Å². The van der Waals surface area contributed by atoms with Gasteiger partial charge in [0.05, 0.1) is 11.4 Å². The fourth-order valence-electron chi connectivity index (χ4n) is 1.12. The first kappa shape index (κ1) is 12.3. The molecule has 15 heavy (non-hydrogen) atoms. The van der Waals surface area contributed by atoms with E-state index in [1.807, 2.05) is 18.2 Å². The molecule has 3 N–H and O–H groups in total. The molecule has 1 unspecified atom stereocenters. The average molecular weight is 272 g/mol. The van der Waals surface area contributed by atoms with Crippen molar-refractivity contribution in [2.75, 3.05) is 31.7 Å². The van der Waals surface area contributed by atoms with Crippen LogP contribution in [0, 0.1) is 0 Å². The summed E-state index contributed by atoms with van der Waals surface area (Å²) in [5, 5.41) is 3.34. The maximum absolute atomic E-state index is 5.85. The summed E-state index contributed by atoms with van der Waals surface area (Å²) in [6, 6.07) is 6.31. The van der Waals surface area contributed by atoms with Gasteiger partial charge in [-0.2, -0.15) is 0 Å². The van der Waals surface area contributed by atoms with Gasteiger partial charge in [0.1, 0.15) is 0 Å². The highest BCUT2D eigenvalue weighted by Crippen LogP contribution is 2.23. The van der Waals surface area contributed by atoms with Crippen LogP contribution in [0.3, 0.4) is 0 Å². The van der Waals surface area contributed by atoms with Crippen LogP contribution in [0.5, 0.6) is 0 Å². The Kier molecular flexibility index (Phi) is 4.42. The van der Waals surface area contributed by atoms with E-state index in [0.717, 1.165) is 22.4 Å². The summed E-state index contributed by atoms with van der Waals surface area (Å²) in [5.41, 5.74) is 7.62. The Morgan fingerprint density at radius 2 is 2.13 bits per heavy atom. The molecule has 0 radical (unpaired) electrons. The van der Waals surface area contributed by atoms with Crippen LogP contribution in [0.4, 0.5) is 11.4 Å². The molecule has 1 atom stereocenters. The van der Waals surface area contributed by atoms with Crippen LogP contribution in [0.1, 0.15) is 6.92 Å². The van der Waals surface area contributed by atoms with Gasteiger partial charge in [-0.15, -0.1) is 0 Å². The molecule has 0 fully saturated rings. The monoisotopic (exact) mass is 271 g/mol. The van der Waals surface area contributed by atoms with Crippen LogP contribution in [-0.2, 0) is 0 Å². The number of nitrogen functional groups attached to an aromatic ring is 1. The zero-order valence-electron chi connectivity index (χ0n) is 9.42. The highest BCUT2D eigenvalue weighted by atomic mass is 79.9. The summed E-state index contributed by atoms with van der Waals surface area (Å²) in [5.74, 6) is 0. The fraction of sp³-hybridized carbons (Fsp3) is 0.455. The molecule has 84 valence electrons. The lowest BCUT2D eigenvalue weighted by atomic mass is 10.2. The lowest BCUT2D eigenvalue weighted by Gasteiger charge is -2.21. The fourth-order valence-corrected chi connectivity index (χ4v) is 1.48. The number of rotatable bonds is 4. The molecule has 0 saturated heterocycles. The van der Waals surface area contributed by atoms with E-state index in [0.29, 0.717) is 6.04 Å². The number of halogens is 1. The third-order valence-electron chi connectivity index (χ3n) is 2.48. The Hall–Kier alpha value is -0.740. The lowest BCUT2D eigenvalue weighted by molar-refractivity contribution is 0.326. The molecule has 0 aromatic heterocycles. The zero-order valence-corrected chi connectivity index (χ0v) is 11.0. The van der Waals surface area contributed by atoms with Crippen LogP contribution in [0.2, 0.25) is 0 Å². The number of benzene rings is 1.